The number of oxazole rings is 1. The molecule has 3 rings (SSSR count). The quantitative estimate of drug-likeness (QED) is 0.410. The smallest absolute Gasteiger partial charge is 0.216 e. The van der Waals surface area contributed by atoms with Crippen molar-refractivity contribution in [2.75, 3.05) is 13.1 Å². The lowest BCUT2D eigenvalue weighted by Gasteiger charge is -2.43. The van der Waals surface area contributed by atoms with Gasteiger partial charge in [-0.1, -0.05) is 6.42 Å². The van der Waals surface area contributed by atoms with E-state index in [1.165, 1.54) is 32.1 Å². The highest BCUT2D eigenvalue weighted by atomic mass is 127. The molecule has 0 atom stereocenters. The molecule has 130 valence electrons. The molecule has 0 radical (unpaired) electrons. The summed E-state index contributed by atoms with van der Waals surface area (Å²) in [6.07, 6.45) is 6.99. The number of aryl methyl sites for hydroxylation is 2. The van der Waals surface area contributed by atoms with E-state index >= 15 is 0 Å². The Bertz CT molecular complexity index is 527. The Morgan fingerprint density at radius 2 is 2.04 bits per heavy atom. The molecule has 0 spiro atoms. The molecule has 23 heavy (non-hydrogen) atoms. The molecule has 0 amide bonds. The molecule has 2 fully saturated rings. The molecule has 1 aromatic rings. The third kappa shape index (κ3) is 4.39. The van der Waals surface area contributed by atoms with E-state index in [4.69, 9.17) is 4.42 Å². The molecular formula is C17H29IN4O. The number of hydrogen-bond donors (Lipinski definition) is 2. The highest BCUT2D eigenvalue weighted by Gasteiger charge is 2.48. The highest BCUT2D eigenvalue weighted by Crippen LogP contribution is 2.56. The minimum atomic E-state index is 0. The average molecular weight is 432 g/mol. The summed E-state index contributed by atoms with van der Waals surface area (Å²) in [6, 6.07) is 0. The fraction of sp³-hybridized carbons (Fsp3) is 0.765. The molecule has 6 heteroatoms. The lowest BCUT2D eigenvalue weighted by Crippen LogP contribution is -2.47. The Morgan fingerprint density at radius 1 is 1.30 bits per heavy atom. The number of aliphatic imine (C=N–C) groups is 1. The second-order valence-corrected chi connectivity index (χ2v) is 6.79. The van der Waals surface area contributed by atoms with E-state index in [1.807, 2.05) is 13.8 Å². The predicted molar refractivity (Wildman–Crippen MR) is 103 cm³/mol. The van der Waals surface area contributed by atoms with Gasteiger partial charge in [0, 0.05) is 13.1 Å². The summed E-state index contributed by atoms with van der Waals surface area (Å²) in [5, 5.41) is 6.87. The van der Waals surface area contributed by atoms with Crippen molar-refractivity contribution in [3.05, 3.63) is 17.3 Å². The van der Waals surface area contributed by atoms with E-state index in [2.05, 4.69) is 27.5 Å². The van der Waals surface area contributed by atoms with Crippen LogP contribution in [0.25, 0.3) is 0 Å². The summed E-state index contributed by atoms with van der Waals surface area (Å²) in [4.78, 5) is 9.00. The van der Waals surface area contributed by atoms with Crippen LogP contribution in [0.1, 0.15) is 56.4 Å². The van der Waals surface area contributed by atoms with Crippen LogP contribution in [0.4, 0.5) is 0 Å². The fourth-order valence-electron chi connectivity index (χ4n) is 3.41. The summed E-state index contributed by atoms with van der Waals surface area (Å²) in [6.45, 7) is 8.40. The van der Waals surface area contributed by atoms with Gasteiger partial charge in [0.15, 0.2) is 5.96 Å². The van der Waals surface area contributed by atoms with Crippen molar-refractivity contribution in [3.63, 3.8) is 0 Å². The van der Waals surface area contributed by atoms with Crippen LogP contribution in [-0.4, -0.2) is 24.0 Å². The van der Waals surface area contributed by atoms with Gasteiger partial charge in [-0.2, -0.15) is 0 Å². The van der Waals surface area contributed by atoms with Crippen LogP contribution in [-0.2, 0) is 6.54 Å². The zero-order valence-corrected chi connectivity index (χ0v) is 16.8. The lowest BCUT2D eigenvalue weighted by molar-refractivity contribution is 0.106. The SMILES string of the molecule is CCNC(=NCc1nc(C)c(C)o1)NCC1(C2CC2)CCC1.I. The van der Waals surface area contributed by atoms with Crippen LogP contribution in [0.2, 0.25) is 0 Å². The number of aromatic nitrogens is 1. The zero-order valence-electron chi connectivity index (χ0n) is 14.4. The second-order valence-electron chi connectivity index (χ2n) is 6.79. The van der Waals surface area contributed by atoms with E-state index in [1.54, 1.807) is 0 Å². The molecule has 2 aliphatic rings. The number of rotatable bonds is 6. The van der Waals surface area contributed by atoms with Gasteiger partial charge < -0.3 is 15.1 Å². The molecular weight excluding hydrogens is 403 g/mol. The minimum absolute atomic E-state index is 0. The number of nitrogens with one attached hydrogen (secondary N) is 2. The normalized spacial score (nSPS) is 19.7. The lowest BCUT2D eigenvalue weighted by atomic mass is 9.65. The van der Waals surface area contributed by atoms with Crippen LogP contribution >= 0.6 is 24.0 Å². The van der Waals surface area contributed by atoms with Crippen LogP contribution < -0.4 is 10.6 Å². The summed E-state index contributed by atoms with van der Waals surface area (Å²) >= 11 is 0. The maximum atomic E-state index is 5.60. The van der Waals surface area contributed by atoms with Gasteiger partial charge in [-0.25, -0.2) is 9.98 Å². The number of hydrogen-bond acceptors (Lipinski definition) is 3. The molecule has 0 saturated heterocycles. The molecule has 2 saturated carbocycles. The molecule has 0 unspecified atom stereocenters. The Hall–Kier alpha value is -0.790. The Labute approximate surface area is 156 Å². The molecule has 5 nitrogen and oxygen atoms in total. The van der Waals surface area contributed by atoms with Crippen molar-refractivity contribution >= 4 is 29.9 Å². The predicted octanol–water partition coefficient (Wildman–Crippen LogP) is 3.54. The summed E-state index contributed by atoms with van der Waals surface area (Å²) in [5.41, 5.74) is 1.50. The number of nitrogens with zero attached hydrogens (tertiary/aromatic N) is 2. The average Bonchev–Trinajstić information content (AvgIpc) is 3.23. The maximum absolute atomic E-state index is 5.60. The van der Waals surface area contributed by atoms with E-state index < -0.39 is 0 Å². The first-order valence-electron chi connectivity index (χ1n) is 8.58. The molecule has 0 aliphatic heterocycles. The highest BCUT2D eigenvalue weighted by molar-refractivity contribution is 14.0. The summed E-state index contributed by atoms with van der Waals surface area (Å²) < 4.78 is 5.60. The van der Waals surface area contributed by atoms with Crippen molar-refractivity contribution in [1.29, 1.82) is 0 Å². The molecule has 1 aromatic heterocycles. The maximum Gasteiger partial charge on any atom is 0.216 e. The summed E-state index contributed by atoms with van der Waals surface area (Å²) in [7, 11) is 0. The van der Waals surface area contributed by atoms with Crippen LogP contribution in [0.5, 0.6) is 0 Å². The topological polar surface area (TPSA) is 62.5 Å². The number of halogens is 1. The van der Waals surface area contributed by atoms with Crippen LogP contribution in [0, 0.1) is 25.2 Å². The van der Waals surface area contributed by atoms with E-state index in [0.717, 1.165) is 36.4 Å². The van der Waals surface area contributed by atoms with Crippen LogP contribution in [0.15, 0.2) is 9.41 Å². The van der Waals surface area contributed by atoms with Gasteiger partial charge in [0.2, 0.25) is 5.89 Å². The zero-order chi connectivity index (χ0) is 15.6. The first-order chi connectivity index (χ1) is 10.6. The van der Waals surface area contributed by atoms with Gasteiger partial charge in [0.05, 0.1) is 5.69 Å². The van der Waals surface area contributed by atoms with Gasteiger partial charge in [-0.15, -0.1) is 24.0 Å². The fourth-order valence-corrected chi connectivity index (χ4v) is 3.41. The van der Waals surface area contributed by atoms with E-state index in [9.17, 15) is 0 Å². The molecule has 0 aromatic carbocycles. The van der Waals surface area contributed by atoms with Gasteiger partial charge in [0.1, 0.15) is 12.3 Å². The van der Waals surface area contributed by atoms with Crippen molar-refractivity contribution in [2.45, 2.75) is 59.4 Å². The first-order valence-corrected chi connectivity index (χ1v) is 8.58. The van der Waals surface area contributed by atoms with Crippen molar-refractivity contribution in [2.24, 2.45) is 16.3 Å². The van der Waals surface area contributed by atoms with Gasteiger partial charge in [-0.05, 0) is 57.8 Å². The Morgan fingerprint density at radius 3 is 2.52 bits per heavy atom. The minimum Gasteiger partial charge on any atom is -0.444 e. The van der Waals surface area contributed by atoms with Gasteiger partial charge >= 0.3 is 0 Å². The van der Waals surface area contributed by atoms with Gasteiger partial charge in [-0.3, -0.25) is 0 Å². The van der Waals surface area contributed by atoms with Crippen molar-refractivity contribution in [1.82, 2.24) is 15.6 Å². The second kappa shape index (κ2) is 7.85. The van der Waals surface area contributed by atoms with Crippen molar-refractivity contribution < 1.29 is 4.42 Å². The number of guanidine groups is 1. The van der Waals surface area contributed by atoms with E-state index in [0.29, 0.717) is 17.9 Å². The standard InChI is InChI=1S/C17H28N4O.HI/c1-4-18-16(19-10-15-21-12(2)13(3)22-15)20-11-17(8-5-9-17)14-6-7-14;/h14H,4-11H2,1-3H3,(H2,18,19,20);1H. The molecule has 1 heterocycles. The summed E-state index contributed by atoms with van der Waals surface area (Å²) in [5.74, 6) is 3.40. The largest absolute Gasteiger partial charge is 0.444 e. The Kier molecular flexibility index (Phi) is 6.33. The third-order valence-electron chi connectivity index (χ3n) is 5.19. The van der Waals surface area contributed by atoms with Gasteiger partial charge in [0.25, 0.3) is 0 Å². The molecule has 2 aliphatic carbocycles. The first kappa shape index (κ1) is 18.5. The molecule has 0 bridgehead atoms. The Balaban J connectivity index is 0.00000192. The van der Waals surface area contributed by atoms with E-state index in [-0.39, 0.29) is 24.0 Å². The van der Waals surface area contributed by atoms with Crippen molar-refractivity contribution in [3.8, 4) is 0 Å². The third-order valence-corrected chi connectivity index (χ3v) is 5.19. The molecule has 2 N–H and O–H groups in total. The van der Waals surface area contributed by atoms with Crippen LogP contribution in [0.3, 0.4) is 0 Å². The monoisotopic (exact) mass is 432 g/mol.